The molecule has 23 heavy (non-hydrogen) atoms. The summed E-state index contributed by atoms with van der Waals surface area (Å²) < 4.78 is 27.4. The lowest BCUT2D eigenvalue weighted by Gasteiger charge is -2.33. The molecule has 0 aromatic carbocycles. The minimum atomic E-state index is -3.42. The molecule has 2 heterocycles. The minimum absolute atomic E-state index is 0. The zero-order valence-electron chi connectivity index (χ0n) is 13.3. The molecule has 0 radical (unpaired) electrons. The third-order valence-electron chi connectivity index (χ3n) is 3.82. The highest BCUT2D eigenvalue weighted by molar-refractivity contribution is 7.91. The van der Waals surface area contributed by atoms with Gasteiger partial charge in [0.2, 0.25) is 15.9 Å². The van der Waals surface area contributed by atoms with Gasteiger partial charge in [-0.1, -0.05) is 13.0 Å². The van der Waals surface area contributed by atoms with Crippen LogP contribution in [0.3, 0.4) is 0 Å². The predicted octanol–water partition coefficient (Wildman–Crippen LogP) is 1.29. The highest BCUT2D eigenvalue weighted by Gasteiger charge is 2.28. The van der Waals surface area contributed by atoms with Crippen LogP contribution in [0.15, 0.2) is 21.7 Å². The lowest BCUT2D eigenvalue weighted by molar-refractivity contribution is -0.135. The van der Waals surface area contributed by atoms with E-state index in [1.807, 2.05) is 18.9 Å². The van der Waals surface area contributed by atoms with Crippen LogP contribution in [-0.2, 0) is 14.8 Å². The molecular formula is C14H24ClN3O3S2. The molecule has 1 aromatic rings. The summed E-state index contributed by atoms with van der Waals surface area (Å²) in [5.41, 5.74) is 0. The van der Waals surface area contributed by atoms with E-state index < -0.39 is 10.0 Å². The number of likely N-dealkylation sites (tertiary alicyclic amines) is 1. The molecule has 0 aliphatic carbocycles. The predicted molar refractivity (Wildman–Crippen MR) is 94.6 cm³/mol. The van der Waals surface area contributed by atoms with Crippen molar-refractivity contribution in [2.45, 2.75) is 30.0 Å². The van der Waals surface area contributed by atoms with Gasteiger partial charge in [0.15, 0.2) is 0 Å². The number of hydrogen-bond acceptors (Lipinski definition) is 5. The number of carbonyl (C=O) groups excluding carboxylic acids is 1. The van der Waals surface area contributed by atoms with Crippen molar-refractivity contribution in [1.29, 1.82) is 0 Å². The second kappa shape index (κ2) is 8.98. The molecule has 2 N–H and O–H groups in total. The van der Waals surface area contributed by atoms with Crippen molar-refractivity contribution in [3.8, 4) is 0 Å². The Balaban J connectivity index is 0.00000264. The molecule has 6 nitrogen and oxygen atoms in total. The van der Waals surface area contributed by atoms with Crippen molar-refractivity contribution in [3.63, 3.8) is 0 Å². The minimum Gasteiger partial charge on any atom is -0.342 e. The second-order valence-corrected chi connectivity index (χ2v) is 8.50. The summed E-state index contributed by atoms with van der Waals surface area (Å²) in [4.78, 5) is 14.0. The fraction of sp³-hybridized carbons (Fsp3) is 0.643. The largest absolute Gasteiger partial charge is 0.342 e. The monoisotopic (exact) mass is 381 g/mol. The lowest BCUT2D eigenvalue weighted by Crippen LogP contribution is -2.48. The van der Waals surface area contributed by atoms with Gasteiger partial charge in [0.1, 0.15) is 4.21 Å². The zero-order valence-corrected chi connectivity index (χ0v) is 15.8. The van der Waals surface area contributed by atoms with E-state index in [-0.39, 0.29) is 30.3 Å². The van der Waals surface area contributed by atoms with E-state index in [9.17, 15) is 13.2 Å². The average molecular weight is 382 g/mol. The van der Waals surface area contributed by atoms with E-state index in [1.165, 1.54) is 11.3 Å². The van der Waals surface area contributed by atoms with Crippen molar-refractivity contribution in [3.05, 3.63) is 17.5 Å². The van der Waals surface area contributed by atoms with Crippen molar-refractivity contribution in [1.82, 2.24) is 14.9 Å². The van der Waals surface area contributed by atoms with E-state index >= 15 is 0 Å². The van der Waals surface area contributed by atoms with Crippen LogP contribution in [0.4, 0.5) is 0 Å². The maximum absolute atomic E-state index is 12.2. The molecule has 0 spiro atoms. The van der Waals surface area contributed by atoms with Gasteiger partial charge >= 0.3 is 0 Å². The molecular weight excluding hydrogens is 358 g/mol. The Morgan fingerprint density at radius 3 is 2.61 bits per heavy atom. The third kappa shape index (κ3) is 5.42. The number of sulfonamides is 1. The fourth-order valence-electron chi connectivity index (χ4n) is 2.62. The van der Waals surface area contributed by atoms with E-state index in [4.69, 9.17) is 0 Å². The molecule has 1 aliphatic heterocycles. The van der Waals surface area contributed by atoms with Crippen LogP contribution >= 0.6 is 23.7 Å². The summed E-state index contributed by atoms with van der Waals surface area (Å²) in [6.45, 7) is 3.77. The van der Waals surface area contributed by atoms with Gasteiger partial charge in [-0.2, -0.15) is 0 Å². The number of hydrogen-bond donors (Lipinski definition) is 2. The van der Waals surface area contributed by atoms with Gasteiger partial charge in [-0.05, 0) is 31.3 Å². The second-order valence-electron chi connectivity index (χ2n) is 5.61. The van der Waals surface area contributed by atoms with Gasteiger partial charge in [-0.15, -0.1) is 23.7 Å². The van der Waals surface area contributed by atoms with Gasteiger partial charge < -0.3 is 10.2 Å². The summed E-state index contributed by atoms with van der Waals surface area (Å²) in [7, 11) is -1.60. The molecule has 1 fully saturated rings. The average Bonchev–Trinajstić information content (AvgIpc) is 3.02. The van der Waals surface area contributed by atoms with Crippen LogP contribution in [0, 0.1) is 5.92 Å². The number of halogens is 1. The molecule has 9 heteroatoms. The topological polar surface area (TPSA) is 78.5 Å². The SMILES string of the molecule is CNCC(C)C(=O)N1CCC(NS(=O)(=O)c2cccs2)CC1.Cl. The molecule has 2 rings (SSSR count). The fourth-order valence-corrected chi connectivity index (χ4v) is 4.93. The van der Waals surface area contributed by atoms with Crippen LogP contribution in [0.25, 0.3) is 0 Å². The number of carbonyl (C=O) groups is 1. The molecule has 1 aromatic heterocycles. The standard InChI is InChI=1S/C14H23N3O3S2.ClH/c1-11(10-15-2)14(18)17-7-5-12(6-8-17)16-22(19,20)13-4-3-9-21-13;/h3-4,9,11-12,15-16H,5-8,10H2,1-2H3;1H. The number of nitrogens with one attached hydrogen (secondary N) is 2. The number of thiophene rings is 1. The summed E-state index contributed by atoms with van der Waals surface area (Å²) in [6.07, 6.45) is 1.31. The molecule has 0 saturated carbocycles. The zero-order chi connectivity index (χ0) is 16.2. The Hall–Kier alpha value is -0.670. The normalized spacial score (nSPS) is 17.6. The van der Waals surface area contributed by atoms with Crippen LogP contribution in [0.2, 0.25) is 0 Å². The highest BCUT2D eigenvalue weighted by atomic mass is 35.5. The van der Waals surface area contributed by atoms with E-state index in [0.29, 0.717) is 36.7 Å². The number of nitrogens with zero attached hydrogens (tertiary/aromatic N) is 1. The first kappa shape index (κ1) is 20.4. The van der Waals surface area contributed by atoms with Crippen molar-refractivity contribution >= 4 is 39.7 Å². The van der Waals surface area contributed by atoms with Crippen molar-refractivity contribution in [2.24, 2.45) is 5.92 Å². The Kier molecular flexibility index (Phi) is 7.96. The van der Waals surface area contributed by atoms with E-state index in [1.54, 1.807) is 17.5 Å². The third-order valence-corrected chi connectivity index (χ3v) is 6.74. The van der Waals surface area contributed by atoms with Gasteiger partial charge in [0, 0.05) is 31.6 Å². The van der Waals surface area contributed by atoms with Crippen LogP contribution in [-0.4, -0.2) is 51.9 Å². The Bertz CT molecular complexity index is 584. The molecule has 1 atom stereocenters. The summed E-state index contributed by atoms with van der Waals surface area (Å²) in [5, 5.41) is 4.75. The van der Waals surface area contributed by atoms with Gasteiger partial charge in [0.05, 0.1) is 0 Å². The van der Waals surface area contributed by atoms with Gasteiger partial charge in [0.25, 0.3) is 0 Å². The first-order valence-electron chi connectivity index (χ1n) is 7.43. The number of piperidine rings is 1. The van der Waals surface area contributed by atoms with Gasteiger partial charge in [-0.3, -0.25) is 4.79 Å². The first-order chi connectivity index (χ1) is 10.4. The number of rotatable bonds is 6. The highest BCUT2D eigenvalue weighted by Crippen LogP contribution is 2.19. The number of amides is 1. The summed E-state index contributed by atoms with van der Waals surface area (Å²) in [6, 6.07) is 3.23. The van der Waals surface area contributed by atoms with Gasteiger partial charge in [-0.25, -0.2) is 13.1 Å². The summed E-state index contributed by atoms with van der Waals surface area (Å²) in [5.74, 6) is 0.0817. The van der Waals surface area contributed by atoms with Crippen molar-refractivity contribution in [2.75, 3.05) is 26.7 Å². The van der Waals surface area contributed by atoms with Crippen LogP contribution in [0.5, 0.6) is 0 Å². The van der Waals surface area contributed by atoms with E-state index in [2.05, 4.69) is 10.0 Å². The Morgan fingerprint density at radius 1 is 1.43 bits per heavy atom. The van der Waals surface area contributed by atoms with Crippen LogP contribution in [0.1, 0.15) is 19.8 Å². The maximum Gasteiger partial charge on any atom is 0.250 e. The smallest absolute Gasteiger partial charge is 0.250 e. The molecule has 1 unspecified atom stereocenters. The quantitative estimate of drug-likeness (QED) is 0.778. The molecule has 132 valence electrons. The summed E-state index contributed by atoms with van der Waals surface area (Å²) >= 11 is 1.21. The molecule has 1 aliphatic rings. The lowest BCUT2D eigenvalue weighted by atomic mass is 10.0. The van der Waals surface area contributed by atoms with Crippen LogP contribution < -0.4 is 10.0 Å². The molecule has 1 amide bonds. The van der Waals surface area contributed by atoms with E-state index in [0.717, 1.165) is 0 Å². The molecule has 1 saturated heterocycles. The van der Waals surface area contributed by atoms with Crippen molar-refractivity contribution < 1.29 is 13.2 Å². The Morgan fingerprint density at radius 2 is 2.09 bits per heavy atom. The maximum atomic E-state index is 12.2. The molecule has 0 bridgehead atoms. The first-order valence-corrected chi connectivity index (χ1v) is 9.79. The Labute approximate surface area is 148 Å².